The Labute approximate surface area is 245 Å². The normalized spacial score (nSPS) is 11.2. The van der Waals surface area contributed by atoms with Crippen molar-refractivity contribution >= 4 is 39.4 Å². The van der Waals surface area contributed by atoms with Gasteiger partial charge in [0.25, 0.3) is 21.8 Å². The SMILES string of the molecule is Cc1ccc(NC(=O)COc2ccc(/C=N\NC(=O)CN(c3cc(C)ccc3C)S(=O)(=O)c3ccccc3)cc2)cc1. The molecule has 0 aliphatic heterocycles. The number of amides is 2. The predicted molar refractivity (Wildman–Crippen MR) is 164 cm³/mol. The molecular formula is C32H32N4O5S. The molecule has 42 heavy (non-hydrogen) atoms. The summed E-state index contributed by atoms with van der Waals surface area (Å²) in [6, 6.07) is 27.7. The summed E-state index contributed by atoms with van der Waals surface area (Å²) in [5.41, 5.74) is 6.86. The summed E-state index contributed by atoms with van der Waals surface area (Å²) in [7, 11) is -4.02. The zero-order chi connectivity index (χ0) is 30.1. The zero-order valence-corrected chi connectivity index (χ0v) is 24.4. The third-order valence-corrected chi connectivity index (χ3v) is 8.01. The molecule has 0 spiro atoms. The summed E-state index contributed by atoms with van der Waals surface area (Å²) in [6.45, 7) is 5.01. The van der Waals surface area contributed by atoms with Crippen molar-refractivity contribution in [1.82, 2.24) is 5.43 Å². The number of benzene rings is 4. The molecule has 0 atom stereocenters. The number of aryl methyl sites for hydroxylation is 3. The number of hydrogen-bond donors (Lipinski definition) is 2. The van der Waals surface area contributed by atoms with Crippen molar-refractivity contribution in [2.75, 3.05) is 22.8 Å². The average Bonchev–Trinajstić information content (AvgIpc) is 2.98. The molecule has 0 radical (unpaired) electrons. The summed E-state index contributed by atoms with van der Waals surface area (Å²) in [5.74, 6) is -0.395. The minimum absolute atomic E-state index is 0.0807. The van der Waals surface area contributed by atoms with Gasteiger partial charge in [0.05, 0.1) is 16.8 Å². The van der Waals surface area contributed by atoms with E-state index in [0.29, 0.717) is 28.3 Å². The molecular weight excluding hydrogens is 552 g/mol. The topological polar surface area (TPSA) is 117 Å². The molecule has 0 aliphatic carbocycles. The van der Waals surface area contributed by atoms with Gasteiger partial charge in [0.2, 0.25) is 0 Å². The van der Waals surface area contributed by atoms with Crippen molar-refractivity contribution in [3.05, 3.63) is 119 Å². The van der Waals surface area contributed by atoms with Crippen LogP contribution < -0.4 is 19.8 Å². The maximum atomic E-state index is 13.5. The number of anilines is 2. The van der Waals surface area contributed by atoms with Gasteiger partial charge in [-0.15, -0.1) is 0 Å². The lowest BCUT2D eigenvalue weighted by molar-refractivity contribution is -0.119. The Morgan fingerprint density at radius 2 is 1.50 bits per heavy atom. The Hall–Kier alpha value is -4.96. The van der Waals surface area contributed by atoms with Gasteiger partial charge in [0, 0.05) is 5.69 Å². The maximum absolute atomic E-state index is 13.5. The van der Waals surface area contributed by atoms with E-state index in [0.717, 1.165) is 15.4 Å². The van der Waals surface area contributed by atoms with Crippen molar-refractivity contribution < 1.29 is 22.7 Å². The first kappa shape index (κ1) is 30.0. The standard InChI is InChI=1S/C32H32N4O5S/c1-23-10-15-27(16-11-23)34-32(38)22-41-28-17-13-26(14-18-28)20-33-35-31(37)21-36(30-19-24(2)9-12-25(30)3)42(39,40)29-7-5-4-6-8-29/h4-20H,21-22H2,1-3H3,(H,34,38)(H,35,37)/b33-20-. The van der Waals surface area contributed by atoms with E-state index in [1.165, 1.54) is 18.3 Å². The highest BCUT2D eigenvalue weighted by Crippen LogP contribution is 2.27. The third-order valence-electron chi connectivity index (χ3n) is 6.24. The molecule has 4 aromatic rings. The van der Waals surface area contributed by atoms with Crippen molar-refractivity contribution in [2.45, 2.75) is 25.7 Å². The molecule has 0 aliphatic rings. The number of rotatable bonds is 11. The van der Waals surface area contributed by atoms with Gasteiger partial charge in [-0.1, -0.05) is 48.0 Å². The lowest BCUT2D eigenvalue weighted by Crippen LogP contribution is -2.40. The van der Waals surface area contributed by atoms with Crippen molar-refractivity contribution in [1.29, 1.82) is 0 Å². The fourth-order valence-electron chi connectivity index (χ4n) is 3.99. The number of sulfonamides is 1. The second-order valence-corrected chi connectivity index (χ2v) is 11.5. The zero-order valence-electron chi connectivity index (χ0n) is 23.6. The van der Waals surface area contributed by atoms with E-state index >= 15 is 0 Å². The average molecular weight is 585 g/mol. The number of hydrogen-bond acceptors (Lipinski definition) is 6. The van der Waals surface area contributed by atoms with Crippen molar-refractivity contribution in [3.63, 3.8) is 0 Å². The molecule has 4 aromatic carbocycles. The molecule has 9 nitrogen and oxygen atoms in total. The van der Waals surface area contributed by atoms with Gasteiger partial charge in [-0.05, 0) is 92.1 Å². The molecule has 0 fully saturated rings. The van der Waals surface area contributed by atoms with Crippen LogP contribution >= 0.6 is 0 Å². The Morgan fingerprint density at radius 3 is 2.19 bits per heavy atom. The van der Waals surface area contributed by atoms with Crippen molar-refractivity contribution in [3.8, 4) is 5.75 Å². The van der Waals surface area contributed by atoms with E-state index < -0.39 is 22.5 Å². The first-order valence-corrected chi connectivity index (χ1v) is 14.6. The Bertz CT molecular complexity index is 1670. The monoisotopic (exact) mass is 584 g/mol. The van der Waals surface area contributed by atoms with Gasteiger partial charge in [-0.3, -0.25) is 13.9 Å². The van der Waals surface area contributed by atoms with E-state index in [1.54, 1.807) is 55.5 Å². The minimum Gasteiger partial charge on any atom is -0.484 e. The molecule has 0 bridgehead atoms. The molecule has 0 aromatic heterocycles. The van der Waals surface area contributed by atoms with Crippen LogP contribution in [-0.4, -0.2) is 39.6 Å². The Balaban J connectivity index is 1.36. The molecule has 0 saturated carbocycles. The van der Waals surface area contributed by atoms with Crippen LogP contribution in [0, 0.1) is 20.8 Å². The highest BCUT2D eigenvalue weighted by atomic mass is 32.2. The molecule has 2 N–H and O–H groups in total. The highest BCUT2D eigenvalue weighted by molar-refractivity contribution is 7.92. The maximum Gasteiger partial charge on any atom is 0.264 e. The fraction of sp³-hybridized carbons (Fsp3) is 0.156. The molecule has 4 rings (SSSR count). The number of hydrazone groups is 1. The molecule has 0 saturated heterocycles. The molecule has 0 unspecified atom stereocenters. The van der Waals surface area contributed by atoms with Crippen LogP contribution in [0.15, 0.2) is 107 Å². The number of ether oxygens (including phenoxy) is 1. The van der Waals surface area contributed by atoms with Gasteiger partial charge in [-0.25, -0.2) is 13.8 Å². The van der Waals surface area contributed by atoms with Crippen LogP contribution in [0.3, 0.4) is 0 Å². The van der Waals surface area contributed by atoms with Crippen LogP contribution in [0.25, 0.3) is 0 Å². The molecule has 2 amide bonds. The van der Waals surface area contributed by atoms with Crippen LogP contribution in [0.5, 0.6) is 5.75 Å². The first-order valence-electron chi connectivity index (χ1n) is 13.2. The Kier molecular flexibility index (Phi) is 9.72. The predicted octanol–water partition coefficient (Wildman–Crippen LogP) is 4.97. The summed E-state index contributed by atoms with van der Waals surface area (Å²) < 4.78 is 33.7. The van der Waals surface area contributed by atoms with E-state index in [4.69, 9.17) is 4.74 Å². The summed E-state index contributed by atoms with van der Waals surface area (Å²) in [5, 5.41) is 6.76. The van der Waals surface area contributed by atoms with Crippen LogP contribution in [0.4, 0.5) is 11.4 Å². The van der Waals surface area contributed by atoms with Crippen LogP contribution in [0.1, 0.15) is 22.3 Å². The van der Waals surface area contributed by atoms with Crippen LogP contribution in [-0.2, 0) is 19.6 Å². The Morgan fingerprint density at radius 1 is 0.833 bits per heavy atom. The van der Waals surface area contributed by atoms with Gasteiger partial charge in [0.15, 0.2) is 6.61 Å². The smallest absolute Gasteiger partial charge is 0.264 e. The summed E-state index contributed by atoms with van der Waals surface area (Å²) in [4.78, 5) is 25.1. The quantitative estimate of drug-likeness (QED) is 0.191. The number of nitrogens with one attached hydrogen (secondary N) is 2. The van der Waals surface area contributed by atoms with Gasteiger partial charge in [0.1, 0.15) is 12.3 Å². The lowest BCUT2D eigenvalue weighted by Gasteiger charge is -2.25. The molecule has 216 valence electrons. The third kappa shape index (κ3) is 8.05. The van der Waals surface area contributed by atoms with Crippen molar-refractivity contribution in [2.24, 2.45) is 5.10 Å². The van der Waals surface area contributed by atoms with Gasteiger partial charge >= 0.3 is 0 Å². The van der Waals surface area contributed by atoms with Gasteiger partial charge < -0.3 is 10.1 Å². The van der Waals surface area contributed by atoms with E-state index in [9.17, 15) is 18.0 Å². The number of carbonyl (C=O) groups excluding carboxylic acids is 2. The summed E-state index contributed by atoms with van der Waals surface area (Å²) in [6.07, 6.45) is 1.43. The van der Waals surface area contributed by atoms with Gasteiger partial charge in [-0.2, -0.15) is 5.10 Å². The van der Waals surface area contributed by atoms with Crippen LogP contribution in [0.2, 0.25) is 0 Å². The van der Waals surface area contributed by atoms with E-state index in [1.807, 2.05) is 50.2 Å². The highest BCUT2D eigenvalue weighted by Gasteiger charge is 2.28. The molecule has 0 heterocycles. The van der Waals surface area contributed by atoms with E-state index in [-0.39, 0.29) is 17.4 Å². The lowest BCUT2D eigenvalue weighted by atomic mass is 10.1. The number of carbonyl (C=O) groups is 2. The minimum atomic E-state index is -4.02. The largest absolute Gasteiger partial charge is 0.484 e. The first-order chi connectivity index (χ1) is 20.1. The fourth-order valence-corrected chi connectivity index (χ4v) is 5.48. The molecule has 10 heteroatoms. The second-order valence-electron chi connectivity index (χ2n) is 9.68. The van der Waals surface area contributed by atoms with E-state index in [2.05, 4.69) is 15.8 Å². The summed E-state index contributed by atoms with van der Waals surface area (Å²) >= 11 is 0. The number of nitrogens with zero attached hydrogens (tertiary/aromatic N) is 2. The second kappa shape index (κ2) is 13.6.